The van der Waals surface area contributed by atoms with Crippen LogP contribution >= 0.6 is 11.6 Å². The summed E-state index contributed by atoms with van der Waals surface area (Å²) < 4.78 is 62.1. The van der Waals surface area contributed by atoms with Crippen molar-refractivity contribution in [3.8, 4) is 17.0 Å². The van der Waals surface area contributed by atoms with Crippen molar-refractivity contribution in [2.45, 2.75) is 10.1 Å². The van der Waals surface area contributed by atoms with Crippen LogP contribution in [0, 0.1) is 5.82 Å². The number of halogens is 2. The maximum atomic E-state index is 15.1. The van der Waals surface area contributed by atoms with E-state index in [9.17, 15) is 12.6 Å². The first-order valence-corrected chi connectivity index (χ1v) is 13.6. The first-order valence-electron chi connectivity index (χ1n) is 10.2. The monoisotopic (exact) mass is 546 g/mol. The van der Waals surface area contributed by atoms with E-state index in [0.717, 1.165) is 6.07 Å². The largest absolute Gasteiger partial charge is 0.480 e. The molecule has 0 fully saturated rings. The van der Waals surface area contributed by atoms with Gasteiger partial charge in [0.2, 0.25) is 11.0 Å². The molecule has 0 spiro atoms. The van der Waals surface area contributed by atoms with Gasteiger partial charge in [0.05, 0.1) is 22.9 Å². The summed E-state index contributed by atoms with van der Waals surface area (Å²) in [5.74, 6) is -0.744. The second-order valence-corrected chi connectivity index (χ2v) is 10.9. The van der Waals surface area contributed by atoms with Gasteiger partial charge in [-0.05, 0) is 30.3 Å². The van der Waals surface area contributed by atoms with Crippen molar-refractivity contribution in [3.63, 3.8) is 0 Å². The summed E-state index contributed by atoms with van der Waals surface area (Å²) in [6.07, 6.45) is 7.38. The van der Waals surface area contributed by atoms with E-state index in [1.807, 2.05) is 0 Å². The summed E-state index contributed by atoms with van der Waals surface area (Å²) in [6, 6.07) is 6.62. The number of hydrogen-bond donors (Lipinski definition) is 1. The van der Waals surface area contributed by atoms with Crippen LogP contribution in [-0.2, 0) is 20.8 Å². The summed E-state index contributed by atoms with van der Waals surface area (Å²) in [5, 5.41) is 0.801. The van der Waals surface area contributed by atoms with Gasteiger partial charge >= 0.3 is 0 Å². The zero-order chi connectivity index (χ0) is 25.6. The Morgan fingerprint density at radius 1 is 1.08 bits per heavy atom. The Bertz CT molecular complexity index is 1800. The number of nitrogens with zero attached hydrogens (tertiary/aromatic N) is 5. The second-order valence-electron chi connectivity index (χ2n) is 7.53. The van der Waals surface area contributed by atoms with Crippen LogP contribution in [0.4, 0.5) is 10.1 Å². The lowest BCUT2D eigenvalue weighted by molar-refractivity contribution is 0.385. The van der Waals surface area contributed by atoms with Crippen LogP contribution < -0.4 is 9.46 Å². The van der Waals surface area contributed by atoms with Gasteiger partial charge in [0.15, 0.2) is 4.90 Å². The Hall–Kier alpha value is -3.68. The lowest BCUT2D eigenvalue weighted by Crippen LogP contribution is -2.15. The third-order valence-electron chi connectivity index (χ3n) is 5.22. The number of ether oxygens (including phenoxy) is 1. The highest BCUT2D eigenvalue weighted by atomic mass is 35.5. The van der Waals surface area contributed by atoms with E-state index in [4.69, 9.17) is 16.3 Å². The van der Waals surface area contributed by atoms with E-state index in [0.29, 0.717) is 22.2 Å². The summed E-state index contributed by atoms with van der Waals surface area (Å²) in [5.41, 5.74) is 1.37. The molecule has 10 nitrogen and oxygen atoms in total. The average molecular weight is 547 g/mol. The molecule has 0 aliphatic rings. The first-order chi connectivity index (χ1) is 17.2. The fourth-order valence-corrected chi connectivity index (χ4v) is 5.48. The lowest BCUT2D eigenvalue weighted by atomic mass is 10.0. The van der Waals surface area contributed by atoms with Crippen LogP contribution in [0.2, 0.25) is 5.02 Å². The quantitative estimate of drug-likeness (QED) is 0.319. The van der Waals surface area contributed by atoms with E-state index in [2.05, 4.69) is 24.7 Å². The van der Waals surface area contributed by atoms with E-state index in [1.54, 1.807) is 16.7 Å². The molecule has 5 rings (SSSR count). The van der Waals surface area contributed by atoms with Gasteiger partial charge in [-0.25, -0.2) is 32.7 Å². The molecule has 1 unspecified atom stereocenters. The van der Waals surface area contributed by atoms with Gasteiger partial charge in [0, 0.05) is 53.2 Å². The first kappa shape index (κ1) is 24.0. The fraction of sp³-hybridized carbons (Fsp3) is 0.0909. The highest BCUT2D eigenvalue weighted by Crippen LogP contribution is 2.33. The Kier molecular flexibility index (Phi) is 6.06. The summed E-state index contributed by atoms with van der Waals surface area (Å²) >= 11 is 5.93. The van der Waals surface area contributed by atoms with Crippen molar-refractivity contribution >= 4 is 54.8 Å². The van der Waals surface area contributed by atoms with Crippen molar-refractivity contribution in [2.24, 2.45) is 0 Å². The van der Waals surface area contributed by atoms with Gasteiger partial charge in [-0.1, -0.05) is 11.6 Å². The predicted octanol–water partition coefficient (Wildman–Crippen LogP) is 3.68. The van der Waals surface area contributed by atoms with Crippen LogP contribution in [0.5, 0.6) is 5.88 Å². The molecule has 0 amide bonds. The number of sulfonamides is 1. The molecule has 1 N–H and O–H groups in total. The maximum absolute atomic E-state index is 15.1. The van der Waals surface area contributed by atoms with Gasteiger partial charge in [-0.15, -0.1) is 0 Å². The zero-order valence-electron chi connectivity index (χ0n) is 18.6. The molecule has 0 aliphatic carbocycles. The smallest absolute Gasteiger partial charge is 0.267 e. The number of anilines is 1. The van der Waals surface area contributed by atoms with Crippen LogP contribution in [0.25, 0.3) is 27.8 Å². The summed E-state index contributed by atoms with van der Waals surface area (Å²) in [6.45, 7) is 0. The van der Waals surface area contributed by atoms with E-state index in [-0.39, 0.29) is 32.2 Å². The highest BCUT2D eigenvalue weighted by molar-refractivity contribution is 7.92. The molecule has 0 bridgehead atoms. The Morgan fingerprint density at radius 2 is 1.89 bits per heavy atom. The van der Waals surface area contributed by atoms with Crippen LogP contribution in [0.3, 0.4) is 0 Å². The molecule has 0 aliphatic heterocycles. The lowest BCUT2D eigenvalue weighted by Gasteiger charge is -2.13. The van der Waals surface area contributed by atoms with Crippen molar-refractivity contribution in [2.75, 3.05) is 18.1 Å². The van der Waals surface area contributed by atoms with E-state index in [1.165, 1.54) is 50.2 Å². The molecule has 14 heteroatoms. The third-order valence-corrected chi connectivity index (χ3v) is 7.51. The molecule has 4 heterocycles. The molecule has 184 valence electrons. The number of rotatable bonds is 6. The molecular weight excluding hydrogens is 531 g/mol. The molecule has 36 heavy (non-hydrogen) atoms. The number of fused-ring (bicyclic) bond motifs is 3. The topological polar surface area (TPSA) is 128 Å². The Labute approximate surface area is 211 Å². The molecule has 0 radical (unpaired) electrons. The normalized spacial score (nSPS) is 12.7. The minimum absolute atomic E-state index is 0.0891. The highest BCUT2D eigenvalue weighted by Gasteiger charge is 2.23. The maximum Gasteiger partial charge on any atom is 0.267 e. The number of hydrogen-bond acceptors (Lipinski definition) is 8. The number of nitrogens with one attached hydrogen (secondary N) is 1. The standard InChI is InChI=1S/C22H16ClFN6O4S2/c1-34-21-18(8-13(23)11-26-21)36(32,33)29-14-3-4-17(24)15(9-14)16-7-12-10-27-22(35(2)31)28-19(12)30-6-5-25-20(16)30/h3-11,29H,1-2H3. The summed E-state index contributed by atoms with van der Waals surface area (Å²) in [4.78, 5) is 16.4. The van der Waals surface area contributed by atoms with Crippen molar-refractivity contribution in [3.05, 3.63) is 66.0 Å². The number of imidazole rings is 1. The minimum Gasteiger partial charge on any atom is -0.480 e. The van der Waals surface area contributed by atoms with E-state index >= 15 is 4.39 Å². The number of pyridine rings is 2. The number of methoxy groups -OCH3 is 1. The van der Waals surface area contributed by atoms with Gasteiger partial charge < -0.3 is 4.74 Å². The second kappa shape index (κ2) is 9.08. The summed E-state index contributed by atoms with van der Waals surface area (Å²) in [7, 11) is -4.30. The van der Waals surface area contributed by atoms with Crippen molar-refractivity contribution in [1.29, 1.82) is 0 Å². The van der Waals surface area contributed by atoms with Gasteiger partial charge in [-0.2, -0.15) is 0 Å². The van der Waals surface area contributed by atoms with Gasteiger partial charge in [-0.3, -0.25) is 13.3 Å². The van der Waals surface area contributed by atoms with Crippen LogP contribution in [0.1, 0.15) is 0 Å². The van der Waals surface area contributed by atoms with Gasteiger partial charge in [0.25, 0.3) is 10.0 Å². The molecule has 0 saturated heterocycles. The molecule has 5 aromatic rings. The Morgan fingerprint density at radius 3 is 2.64 bits per heavy atom. The average Bonchev–Trinajstić information content (AvgIpc) is 3.35. The molecular formula is C22H16ClFN6O4S2. The molecule has 4 aromatic heterocycles. The Balaban J connectivity index is 1.63. The SMILES string of the molecule is COc1ncc(Cl)cc1S(=O)(=O)Nc1ccc(F)c(-c2cc3cnc(S(C)=O)nc3n3ccnc23)c1. The fourth-order valence-electron chi connectivity index (χ4n) is 3.65. The van der Waals surface area contributed by atoms with Crippen molar-refractivity contribution in [1.82, 2.24) is 24.3 Å². The van der Waals surface area contributed by atoms with Crippen molar-refractivity contribution < 1.29 is 21.8 Å². The predicted molar refractivity (Wildman–Crippen MR) is 133 cm³/mol. The zero-order valence-corrected chi connectivity index (χ0v) is 21.0. The third kappa shape index (κ3) is 4.25. The van der Waals surface area contributed by atoms with E-state index < -0.39 is 26.6 Å². The number of aromatic nitrogens is 5. The van der Waals surface area contributed by atoms with Gasteiger partial charge in [0.1, 0.15) is 17.1 Å². The molecule has 1 atom stereocenters. The molecule has 0 saturated carbocycles. The number of benzene rings is 1. The van der Waals surface area contributed by atoms with Crippen LogP contribution in [-0.4, -0.2) is 50.3 Å². The van der Waals surface area contributed by atoms with Crippen LogP contribution in [0.15, 0.2) is 65.2 Å². The molecule has 1 aromatic carbocycles. The minimum atomic E-state index is -4.18.